The molecule has 0 aliphatic heterocycles. The molecule has 0 bridgehead atoms. The number of nitrogens with zero attached hydrogens (tertiary/aromatic N) is 2. The first-order chi connectivity index (χ1) is 8.56. The summed E-state index contributed by atoms with van der Waals surface area (Å²) in [6.45, 7) is 1.74. The molecule has 0 spiro atoms. The van der Waals surface area contributed by atoms with Crippen molar-refractivity contribution in [2.45, 2.75) is 6.92 Å². The van der Waals surface area contributed by atoms with Crippen LogP contribution in [0.5, 0.6) is 11.5 Å². The molecule has 0 unspecified atom stereocenters. The standard InChI is InChI=1S/C12H11N3O3/c1-8-4-10(15(16)17)2-3-12(8)18-11-5-9(13)6-14-7-11/h2-7H,13H2,1H3. The van der Waals surface area contributed by atoms with Gasteiger partial charge in [-0.25, -0.2) is 0 Å². The van der Waals surface area contributed by atoms with Crippen molar-refractivity contribution in [2.75, 3.05) is 5.73 Å². The number of anilines is 1. The summed E-state index contributed by atoms with van der Waals surface area (Å²) in [4.78, 5) is 14.1. The van der Waals surface area contributed by atoms with Crippen molar-refractivity contribution < 1.29 is 9.66 Å². The number of nitrogen functional groups attached to an aromatic ring is 1. The Morgan fingerprint density at radius 3 is 2.72 bits per heavy atom. The van der Waals surface area contributed by atoms with Gasteiger partial charge in [0.25, 0.3) is 5.69 Å². The molecule has 0 saturated carbocycles. The summed E-state index contributed by atoms with van der Waals surface area (Å²) >= 11 is 0. The van der Waals surface area contributed by atoms with Crippen molar-refractivity contribution in [3.63, 3.8) is 0 Å². The minimum absolute atomic E-state index is 0.0329. The highest BCUT2D eigenvalue weighted by Crippen LogP contribution is 2.28. The fraction of sp³-hybridized carbons (Fsp3) is 0.0833. The first-order valence-electron chi connectivity index (χ1n) is 5.19. The monoisotopic (exact) mass is 245 g/mol. The van der Waals surface area contributed by atoms with Crippen molar-refractivity contribution in [3.05, 3.63) is 52.3 Å². The molecule has 6 heteroatoms. The second kappa shape index (κ2) is 4.70. The fourth-order valence-corrected chi connectivity index (χ4v) is 1.48. The van der Waals surface area contributed by atoms with E-state index in [1.165, 1.54) is 24.5 Å². The Kier molecular flexibility index (Phi) is 3.09. The van der Waals surface area contributed by atoms with Crippen molar-refractivity contribution in [1.82, 2.24) is 4.98 Å². The lowest BCUT2D eigenvalue weighted by molar-refractivity contribution is -0.384. The van der Waals surface area contributed by atoms with Crippen LogP contribution in [-0.4, -0.2) is 9.91 Å². The lowest BCUT2D eigenvalue weighted by atomic mass is 10.2. The molecule has 1 aromatic heterocycles. The number of pyridine rings is 1. The summed E-state index contributed by atoms with van der Waals surface area (Å²) in [7, 11) is 0. The molecule has 0 amide bonds. The number of non-ortho nitro benzene ring substituents is 1. The van der Waals surface area contributed by atoms with E-state index in [1.807, 2.05) is 0 Å². The average Bonchev–Trinajstić information content (AvgIpc) is 2.31. The summed E-state index contributed by atoms with van der Waals surface area (Å²) in [5, 5.41) is 10.6. The molecule has 0 radical (unpaired) electrons. The number of nitro groups is 1. The van der Waals surface area contributed by atoms with Crippen LogP contribution in [0, 0.1) is 17.0 Å². The molecule has 0 fully saturated rings. The Morgan fingerprint density at radius 2 is 2.11 bits per heavy atom. The minimum Gasteiger partial charge on any atom is -0.455 e. The quantitative estimate of drug-likeness (QED) is 0.663. The number of nitrogens with two attached hydrogens (primary N) is 1. The molecular weight excluding hydrogens is 234 g/mol. The second-order valence-electron chi connectivity index (χ2n) is 3.76. The third kappa shape index (κ3) is 2.54. The van der Waals surface area contributed by atoms with Crippen LogP contribution in [-0.2, 0) is 0 Å². The zero-order chi connectivity index (χ0) is 13.1. The van der Waals surface area contributed by atoms with Gasteiger partial charge in [0.2, 0.25) is 0 Å². The molecule has 2 rings (SSSR count). The van der Waals surface area contributed by atoms with E-state index in [-0.39, 0.29) is 5.69 Å². The number of nitro benzene ring substituents is 1. The van der Waals surface area contributed by atoms with Gasteiger partial charge >= 0.3 is 0 Å². The van der Waals surface area contributed by atoms with Crippen LogP contribution in [0.1, 0.15) is 5.56 Å². The number of ether oxygens (including phenoxy) is 1. The van der Waals surface area contributed by atoms with Crippen LogP contribution < -0.4 is 10.5 Å². The highest BCUT2D eigenvalue weighted by Gasteiger charge is 2.09. The van der Waals surface area contributed by atoms with Gasteiger partial charge in [-0.1, -0.05) is 0 Å². The average molecular weight is 245 g/mol. The Balaban J connectivity index is 2.27. The molecule has 0 aliphatic carbocycles. The van der Waals surface area contributed by atoms with E-state index in [1.54, 1.807) is 19.1 Å². The number of hydrogen-bond acceptors (Lipinski definition) is 5. The molecule has 18 heavy (non-hydrogen) atoms. The summed E-state index contributed by atoms with van der Waals surface area (Å²) in [5.74, 6) is 1.03. The van der Waals surface area contributed by atoms with Crippen molar-refractivity contribution in [3.8, 4) is 11.5 Å². The first kappa shape index (κ1) is 11.8. The highest BCUT2D eigenvalue weighted by atomic mass is 16.6. The summed E-state index contributed by atoms with van der Waals surface area (Å²) < 4.78 is 5.56. The molecule has 6 nitrogen and oxygen atoms in total. The first-order valence-corrected chi connectivity index (χ1v) is 5.19. The fourth-order valence-electron chi connectivity index (χ4n) is 1.48. The van der Waals surface area contributed by atoms with Crippen molar-refractivity contribution >= 4 is 11.4 Å². The molecule has 1 aromatic carbocycles. The maximum Gasteiger partial charge on any atom is 0.269 e. The van der Waals surface area contributed by atoms with Crippen LogP contribution in [0.2, 0.25) is 0 Å². The van der Waals surface area contributed by atoms with Crippen LogP contribution in [0.3, 0.4) is 0 Å². The van der Waals surface area contributed by atoms with Crippen molar-refractivity contribution in [1.29, 1.82) is 0 Å². The number of aryl methyl sites for hydroxylation is 1. The van der Waals surface area contributed by atoms with E-state index in [0.29, 0.717) is 22.7 Å². The van der Waals surface area contributed by atoms with Crippen LogP contribution >= 0.6 is 0 Å². The van der Waals surface area contributed by atoms with Gasteiger partial charge in [-0.15, -0.1) is 0 Å². The molecule has 0 aliphatic rings. The molecule has 0 atom stereocenters. The predicted molar refractivity (Wildman–Crippen MR) is 66.6 cm³/mol. The number of benzene rings is 1. The van der Waals surface area contributed by atoms with Crippen LogP contribution in [0.25, 0.3) is 0 Å². The van der Waals surface area contributed by atoms with Crippen LogP contribution in [0.15, 0.2) is 36.7 Å². The second-order valence-corrected chi connectivity index (χ2v) is 3.76. The molecule has 0 saturated heterocycles. The zero-order valence-electron chi connectivity index (χ0n) is 9.66. The Bertz CT molecular complexity index is 599. The van der Waals surface area contributed by atoms with Gasteiger partial charge in [0.05, 0.1) is 23.0 Å². The Morgan fingerprint density at radius 1 is 1.33 bits per heavy atom. The van der Waals surface area contributed by atoms with E-state index in [0.717, 1.165) is 0 Å². The normalized spacial score (nSPS) is 10.1. The van der Waals surface area contributed by atoms with Gasteiger partial charge in [0.1, 0.15) is 11.5 Å². The highest BCUT2D eigenvalue weighted by molar-refractivity contribution is 5.46. The molecule has 2 aromatic rings. The topological polar surface area (TPSA) is 91.3 Å². The summed E-state index contributed by atoms with van der Waals surface area (Å²) in [5.41, 5.74) is 6.78. The number of hydrogen-bond donors (Lipinski definition) is 1. The molecule has 2 N–H and O–H groups in total. The minimum atomic E-state index is -0.446. The maximum atomic E-state index is 10.6. The third-order valence-electron chi connectivity index (χ3n) is 2.33. The van der Waals surface area contributed by atoms with E-state index in [9.17, 15) is 10.1 Å². The largest absolute Gasteiger partial charge is 0.455 e. The van der Waals surface area contributed by atoms with Gasteiger partial charge in [-0.2, -0.15) is 0 Å². The van der Waals surface area contributed by atoms with Gasteiger partial charge < -0.3 is 10.5 Å². The van der Waals surface area contributed by atoms with E-state index in [4.69, 9.17) is 10.5 Å². The van der Waals surface area contributed by atoms with E-state index in [2.05, 4.69) is 4.98 Å². The van der Waals surface area contributed by atoms with E-state index >= 15 is 0 Å². The van der Waals surface area contributed by atoms with Crippen molar-refractivity contribution in [2.24, 2.45) is 0 Å². The SMILES string of the molecule is Cc1cc([N+](=O)[O-])ccc1Oc1cncc(N)c1. The Hall–Kier alpha value is -2.63. The summed E-state index contributed by atoms with van der Waals surface area (Å²) in [6, 6.07) is 6.03. The van der Waals surface area contributed by atoms with Gasteiger partial charge in [-0.3, -0.25) is 15.1 Å². The van der Waals surface area contributed by atoms with Gasteiger partial charge in [0.15, 0.2) is 0 Å². The smallest absolute Gasteiger partial charge is 0.269 e. The van der Waals surface area contributed by atoms with Crippen LogP contribution in [0.4, 0.5) is 11.4 Å². The Labute approximate surface area is 103 Å². The summed E-state index contributed by atoms with van der Waals surface area (Å²) in [6.07, 6.45) is 3.03. The zero-order valence-corrected chi connectivity index (χ0v) is 9.66. The maximum absolute atomic E-state index is 10.6. The third-order valence-corrected chi connectivity index (χ3v) is 2.33. The lowest BCUT2D eigenvalue weighted by Gasteiger charge is -2.08. The molecule has 1 heterocycles. The predicted octanol–water partition coefficient (Wildman–Crippen LogP) is 2.67. The number of rotatable bonds is 3. The van der Waals surface area contributed by atoms with Gasteiger partial charge in [-0.05, 0) is 18.6 Å². The lowest BCUT2D eigenvalue weighted by Crippen LogP contribution is -1.93. The van der Waals surface area contributed by atoms with Gasteiger partial charge in [0, 0.05) is 18.2 Å². The van der Waals surface area contributed by atoms with E-state index < -0.39 is 4.92 Å². The number of aromatic nitrogens is 1. The molecule has 92 valence electrons. The molecular formula is C12H11N3O3.